The fourth-order valence-electron chi connectivity index (χ4n) is 2.76. The SMILES string of the molecule is Cc1ccc([C@H](C)NC(=O)[C@@H](c2ccccc2)N(C)S(C)(=O)=O)cc1C. The predicted molar refractivity (Wildman–Crippen MR) is 104 cm³/mol. The number of carbonyl (C=O) groups is 1. The van der Waals surface area contributed by atoms with Gasteiger partial charge in [0.05, 0.1) is 12.3 Å². The molecule has 26 heavy (non-hydrogen) atoms. The summed E-state index contributed by atoms with van der Waals surface area (Å²) >= 11 is 0. The Morgan fingerprint density at radius 2 is 1.62 bits per heavy atom. The number of nitrogens with one attached hydrogen (secondary N) is 1. The van der Waals surface area contributed by atoms with Crippen LogP contribution in [0.1, 0.15) is 41.3 Å². The van der Waals surface area contributed by atoms with Crippen molar-refractivity contribution in [2.75, 3.05) is 13.3 Å². The molecule has 0 saturated heterocycles. The van der Waals surface area contributed by atoms with Gasteiger partial charge in [-0.15, -0.1) is 0 Å². The molecule has 2 atom stereocenters. The summed E-state index contributed by atoms with van der Waals surface area (Å²) in [6.07, 6.45) is 1.10. The zero-order valence-electron chi connectivity index (χ0n) is 15.9. The van der Waals surface area contributed by atoms with Gasteiger partial charge in [-0.1, -0.05) is 48.5 Å². The molecule has 0 saturated carbocycles. The Morgan fingerprint density at radius 1 is 1.00 bits per heavy atom. The largest absolute Gasteiger partial charge is 0.348 e. The Hall–Kier alpha value is -2.18. The summed E-state index contributed by atoms with van der Waals surface area (Å²) in [6.45, 7) is 5.96. The zero-order chi connectivity index (χ0) is 19.5. The highest BCUT2D eigenvalue weighted by molar-refractivity contribution is 7.88. The van der Waals surface area contributed by atoms with Gasteiger partial charge in [-0.25, -0.2) is 8.42 Å². The van der Waals surface area contributed by atoms with E-state index in [1.807, 2.05) is 45.0 Å². The number of hydrogen-bond acceptors (Lipinski definition) is 3. The van der Waals surface area contributed by atoms with Crippen molar-refractivity contribution in [2.45, 2.75) is 32.9 Å². The van der Waals surface area contributed by atoms with Gasteiger partial charge < -0.3 is 5.32 Å². The molecule has 0 radical (unpaired) electrons. The van der Waals surface area contributed by atoms with Gasteiger partial charge in [0.25, 0.3) is 0 Å². The Bertz CT molecular complexity index is 879. The second-order valence-corrected chi connectivity index (χ2v) is 8.71. The molecular weight excluding hydrogens is 348 g/mol. The fraction of sp³-hybridized carbons (Fsp3) is 0.350. The van der Waals surface area contributed by atoms with E-state index in [2.05, 4.69) is 5.32 Å². The summed E-state index contributed by atoms with van der Waals surface area (Å²) in [4.78, 5) is 13.0. The highest BCUT2D eigenvalue weighted by Gasteiger charge is 2.31. The third-order valence-corrected chi connectivity index (χ3v) is 5.90. The quantitative estimate of drug-likeness (QED) is 0.845. The number of amides is 1. The van der Waals surface area contributed by atoms with Gasteiger partial charge in [0.2, 0.25) is 15.9 Å². The maximum Gasteiger partial charge on any atom is 0.243 e. The van der Waals surface area contributed by atoms with Gasteiger partial charge in [0.15, 0.2) is 0 Å². The predicted octanol–water partition coefficient (Wildman–Crippen LogP) is 3.11. The second kappa shape index (κ2) is 8.01. The average molecular weight is 375 g/mol. The molecule has 0 fully saturated rings. The molecule has 0 spiro atoms. The third-order valence-electron chi connectivity index (χ3n) is 4.64. The minimum Gasteiger partial charge on any atom is -0.348 e. The number of carbonyl (C=O) groups excluding carboxylic acids is 1. The van der Waals surface area contributed by atoms with Crippen molar-refractivity contribution in [1.29, 1.82) is 0 Å². The molecule has 2 aromatic carbocycles. The Kier molecular flexibility index (Phi) is 6.21. The Balaban J connectivity index is 2.30. The van der Waals surface area contributed by atoms with E-state index in [9.17, 15) is 13.2 Å². The van der Waals surface area contributed by atoms with Crippen LogP contribution in [-0.4, -0.2) is 31.9 Å². The number of benzene rings is 2. The lowest BCUT2D eigenvalue weighted by molar-refractivity contribution is -0.125. The van der Waals surface area contributed by atoms with E-state index in [0.29, 0.717) is 5.56 Å². The van der Waals surface area contributed by atoms with Gasteiger partial charge in [-0.05, 0) is 43.0 Å². The van der Waals surface area contributed by atoms with Crippen molar-refractivity contribution in [3.8, 4) is 0 Å². The number of hydrogen-bond donors (Lipinski definition) is 1. The Morgan fingerprint density at radius 3 is 2.15 bits per heavy atom. The molecule has 0 aromatic heterocycles. The molecule has 2 rings (SSSR count). The average Bonchev–Trinajstić information content (AvgIpc) is 2.57. The van der Waals surface area contributed by atoms with Gasteiger partial charge in [-0.3, -0.25) is 4.79 Å². The molecule has 0 aliphatic carbocycles. The van der Waals surface area contributed by atoms with Crippen LogP contribution in [0.5, 0.6) is 0 Å². The van der Waals surface area contributed by atoms with Crippen LogP contribution in [0.15, 0.2) is 48.5 Å². The molecular formula is C20H26N2O3S. The first-order chi connectivity index (χ1) is 12.1. The molecule has 0 aliphatic heterocycles. The van der Waals surface area contributed by atoms with E-state index in [1.54, 1.807) is 24.3 Å². The molecule has 0 unspecified atom stereocenters. The van der Waals surface area contributed by atoms with Crippen LogP contribution in [0.2, 0.25) is 0 Å². The summed E-state index contributed by atoms with van der Waals surface area (Å²) < 4.78 is 25.2. The molecule has 0 aliphatic rings. The van der Waals surface area contributed by atoms with Crippen molar-refractivity contribution in [3.63, 3.8) is 0 Å². The van der Waals surface area contributed by atoms with E-state index < -0.39 is 16.1 Å². The van der Waals surface area contributed by atoms with Crippen LogP contribution in [0.4, 0.5) is 0 Å². The molecule has 1 amide bonds. The first-order valence-corrected chi connectivity index (χ1v) is 10.3. The maximum atomic E-state index is 13.0. The standard InChI is InChI=1S/C20H26N2O3S/c1-14-11-12-18(13-15(14)2)16(3)21-20(23)19(22(4)26(5,24)25)17-9-7-6-8-10-17/h6-13,16,19H,1-5H3,(H,21,23)/t16-,19+/m0/s1. The molecule has 0 heterocycles. The van der Waals surface area contributed by atoms with E-state index in [4.69, 9.17) is 0 Å². The van der Waals surface area contributed by atoms with Crippen LogP contribution in [0, 0.1) is 13.8 Å². The highest BCUT2D eigenvalue weighted by atomic mass is 32.2. The van der Waals surface area contributed by atoms with E-state index in [1.165, 1.54) is 12.6 Å². The summed E-state index contributed by atoms with van der Waals surface area (Å²) in [6, 6.07) is 13.8. The van der Waals surface area contributed by atoms with Crippen LogP contribution < -0.4 is 5.32 Å². The lowest BCUT2D eigenvalue weighted by atomic mass is 10.0. The molecule has 1 N–H and O–H groups in total. The van der Waals surface area contributed by atoms with E-state index in [-0.39, 0.29) is 11.9 Å². The van der Waals surface area contributed by atoms with E-state index in [0.717, 1.165) is 21.7 Å². The number of rotatable bonds is 6. The topological polar surface area (TPSA) is 66.5 Å². The monoisotopic (exact) mass is 374 g/mol. The van der Waals surface area contributed by atoms with Gasteiger partial charge in [0, 0.05) is 7.05 Å². The summed E-state index contributed by atoms with van der Waals surface area (Å²) in [7, 11) is -2.11. The van der Waals surface area contributed by atoms with Crippen molar-refractivity contribution >= 4 is 15.9 Å². The van der Waals surface area contributed by atoms with Crippen molar-refractivity contribution in [2.24, 2.45) is 0 Å². The summed E-state index contributed by atoms with van der Waals surface area (Å²) in [5.74, 6) is -0.352. The van der Waals surface area contributed by atoms with Crippen LogP contribution in [0.25, 0.3) is 0 Å². The number of nitrogens with zero attached hydrogens (tertiary/aromatic N) is 1. The first-order valence-electron chi connectivity index (χ1n) is 8.46. The van der Waals surface area contributed by atoms with Crippen LogP contribution in [0.3, 0.4) is 0 Å². The summed E-state index contributed by atoms with van der Waals surface area (Å²) in [5, 5.41) is 2.95. The van der Waals surface area contributed by atoms with Crippen LogP contribution >= 0.6 is 0 Å². The van der Waals surface area contributed by atoms with E-state index >= 15 is 0 Å². The van der Waals surface area contributed by atoms with Crippen molar-refractivity contribution in [1.82, 2.24) is 9.62 Å². The second-order valence-electron chi connectivity index (χ2n) is 6.67. The van der Waals surface area contributed by atoms with Gasteiger partial charge in [-0.2, -0.15) is 4.31 Å². The van der Waals surface area contributed by atoms with Gasteiger partial charge in [0.1, 0.15) is 6.04 Å². The smallest absolute Gasteiger partial charge is 0.243 e. The lowest BCUT2D eigenvalue weighted by Crippen LogP contribution is -2.42. The first kappa shape index (κ1) is 20.1. The Labute approximate surface area is 156 Å². The van der Waals surface area contributed by atoms with Crippen LogP contribution in [-0.2, 0) is 14.8 Å². The summed E-state index contributed by atoms with van der Waals surface area (Å²) in [5.41, 5.74) is 3.95. The van der Waals surface area contributed by atoms with Crippen molar-refractivity contribution in [3.05, 3.63) is 70.8 Å². The molecule has 0 bridgehead atoms. The number of sulfonamides is 1. The minimum absolute atomic E-state index is 0.235. The molecule has 2 aromatic rings. The fourth-order valence-corrected chi connectivity index (χ4v) is 3.36. The highest BCUT2D eigenvalue weighted by Crippen LogP contribution is 2.24. The molecule has 6 heteroatoms. The van der Waals surface area contributed by atoms with Gasteiger partial charge >= 0.3 is 0 Å². The lowest BCUT2D eigenvalue weighted by Gasteiger charge is -2.27. The normalized spacial score (nSPS) is 14.1. The number of likely N-dealkylation sites (N-methyl/N-ethyl adjacent to an activating group) is 1. The minimum atomic E-state index is -3.54. The zero-order valence-corrected chi connectivity index (χ0v) is 16.7. The number of aryl methyl sites for hydroxylation is 2. The molecule has 5 nitrogen and oxygen atoms in total. The third kappa shape index (κ3) is 4.71. The maximum absolute atomic E-state index is 13.0. The molecule has 140 valence electrons. The van der Waals surface area contributed by atoms with Crippen molar-refractivity contribution < 1.29 is 13.2 Å².